The van der Waals surface area contributed by atoms with E-state index in [4.69, 9.17) is 0 Å². The molecule has 28 heavy (non-hydrogen) atoms. The minimum absolute atomic E-state index is 0.0458. The summed E-state index contributed by atoms with van der Waals surface area (Å²) in [6.45, 7) is 11.1. The molecule has 2 aliphatic heterocycles. The monoisotopic (exact) mass is 386 g/mol. The summed E-state index contributed by atoms with van der Waals surface area (Å²) in [7, 11) is 0. The third-order valence-corrected chi connectivity index (χ3v) is 5.93. The standard InChI is InChI=1S/C22H34N4O2/c1-18-6-3-8-21(16-18)25-14-12-24(13-15-25)10-5-9-23-22(28)20-7-4-11-26(17-20)19(2)27/h3,6,8,16,20H,4-5,7,9-15,17H2,1-2H3,(H,23,28)/t20-/m1/s1. The van der Waals surface area contributed by atoms with Crippen LogP contribution < -0.4 is 10.2 Å². The Morgan fingerprint density at radius 3 is 2.64 bits per heavy atom. The molecular weight excluding hydrogens is 352 g/mol. The number of nitrogens with zero attached hydrogens (tertiary/aromatic N) is 3. The predicted molar refractivity (Wildman–Crippen MR) is 112 cm³/mol. The zero-order valence-electron chi connectivity index (χ0n) is 17.3. The molecule has 0 aromatic heterocycles. The minimum Gasteiger partial charge on any atom is -0.369 e. The first-order valence-electron chi connectivity index (χ1n) is 10.6. The first-order chi connectivity index (χ1) is 13.5. The lowest BCUT2D eigenvalue weighted by Crippen LogP contribution is -2.47. The fraction of sp³-hybridized carbons (Fsp3) is 0.636. The number of amides is 2. The first kappa shape index (κ1) is 20.6. The number of hydrogen-bond acceptors (Lipinski definition) is 4. The molecule has 6 nitrogen and oxygen atoms in total. The van der Waals surface area contributed by atoms with Gasteiger partial charge in [-0.15, -0.1) is 0 Å². The van der Waals surface area contributed by atoms with Gasteiger partial charge in [-0.05, 0) is 50.4 Å². The van der Waals surface area contributed by atoms with Crippen molar-refractivity contribution in [1.82, 2.24) is 15.1 Å². The molecule has 2 aliphatic rings. The molecule has 0 unspecified atom stereocenters. The Morgan fingerprint density at radius 2 is 1.93 bits per heavy atom. The number of rotatable bonds is 6. The summed E-state index contributed by atoms with van der Waals surface area (Å²) in [4.78, 5) is 30.6. The van der Waals surface area contributed by atoms with Crippen LogP contribution in [-0.4, -0.2) is 74.0 Å². The van der Waals surface area contributed by atoms with Gasteiger partial charge in [0.1, 0.15) is 0 Å². The Labute approximate surface area is 168 Å². The van der Waals surface area contributed by atoms with Gasteiger partial charge in [0.25, 0.3) is 0 Å². The summed E-state index contributed by atoms with van der Waals surface area (Å²) < 4.78 is 0. The molecule has 0 bridgehead atoms. The molecule has 1 aromatic rings. The summed E-state index contributed by atoms with van der Waals surface area (Å²) in [5, 5.41) is 3.08. The van der Waals surface area contributed by atoms with Gasteiger partial charge in [-0.2, -0.15) is 0 Å². The van der Waals surface area contributed by atoms with E-state index in [0.29, 0.717) is 13.1 Å². The lowest BCUT2D eigenvalue weighted by molar-refractivity contribution is -0.133. The second kappa shape index (κ2) is 9.92. The van der Waals surface area contributed by atoms with Crippen molar-refractivity contribution in [3.8, 4) is 0 Å². The minimum atomic E-state index is -0.0458. The van der Waals surface area contributed by atoms with E-state index in [1.807, 2.05) is 0 Å². The maximum atomic E-state index is 12.4. The van der Waals surface area contributed by atoms with Crippen molar-refractivity contribution in [2.75, 3.05) is 57.3 Å². The summed E-state index contributed by atoms with van der Waals surface area (Å²) in [6.07, 6.45) is 2.78. The van der Waals surface area contributed by atoms with Gasteiger partial charge in [-0.25, -0.2) is 0 Å². The second-order valence-electron chi connectivity index (χ2n) is 8.12. The molecule has 0 radical (unpaired) electrons. The summed E-state index contributed by atoms with van der Waals surface area (Å²) in [5.41, 5.74) is 2.62. The van der Waals surface area contributed by atoms with E-state index < -0.39 is 0 Å². The molecule has 2 fully saturated rings. The average molecular weight is 387 g/mol. The van der Waals surface area contributed by atoms with Crippen LogP contribution in [0.25, 0.3) is 0 Å². The number of hydrogen-bond donors (Lipinski definition) is 1. The average Bonchev–Trinajstić information content (AvgIpc) is 2.71. The molecule has 1 aromatic carbocycles. The van der Waals surface area contributed by atoms with Crippen molar-refractivity contribution in [2.45, 2.75) is 33.1 Å². The van der Waals surface area contributed by atoms with Gasteiger partial charge >= 0.3 is 0 Å². The maximum absolute atomic E-state index is 12.4. The first-order valence-corrected chi connectivity index (χ1v) is 10.6. The molecule has 6 heteroatoms. The van der Waals surface area contributed by atoms with Crippen LogP contribution in [0.3, 0.4) is 0 Å². The Morgan fingerprint density at radius 1 is 1.14 bits per heavy atom. The lowest BCUT2D eigenvalue weighted by Gasteiger charge is -2.36. The van der Waals surface area contributed by atoms with Gasteiger partial charge in [0.15, 0.2) is 0 Å². The maximum Gasteiger partial charge on any atom is 0.224 e. The normalized spacial score (nSPS) is 20.9. The summed E-state index contributed by atoms with van der Waals surface area (Å²) in [6, 6.07) is 8.71. The van der Waals surface area contributed by atoms with Gasteiger partial charge in [0.05, 0.1) is 5.92 Å². The lowest BCUT2D eigenvalue weighted by atomic mass is 9.97. The Hall–Kier alpha value is -2.08. The number of benzene rings is 1. The highest BCUT2D eigenvalue weighted by Crippen LogP contribution is 2.18. The number of carbonyl (C=O) groups excluding carboxylic acids is 2. The molecule has 2 saturated heterocycles. The Kier molecular flexibility index (Phi) is 7.31. The van der Waals surface area contributed by atoms with E-state index in [-0.39, 0.29) is 17.7 Å². The molecule has 2 amide bonds. The van der Waals surface area contributed by atoms with Crippen LogP contribution in [0.5, 0.6) is 0 Å². The van der Waals surface area contributed by atoms with Gasteiger partial charge in [0.2, 0.25) is 11.8 Å². The Bertz CT molecular complexity index is 670. The second-order valence-corrected chi connectivity index (χ2v) is 8.12. The highest BCUT2D eigenvalue weighted by molar-refractivity contribution is 5.80. The number of likely N-dealkylation sites (tertiary alicyclic amines) is 1. The van der Waals surface area contributed by atoms with Crippen LogP contribution >= 0.6 is 0 Å². The van der Waals surface area contributed by atoms with Crippen LogP contribution in [0.2, 0.25) is 0 Å². The van der Waals surface area contributed by atoms with E-state index >= 15 is 0 Å². The molecular formula is C22H34N4O2. The summed E-state index contributed by atoms with van der Waals surface area (Å²) in [5.74, 6) is 0.132. The van der Waals surface area contributed by atoms with Gasteiger partial charge in [-0.1, -0.05) is 12.1 Å². The van der Waals surface area contributed by atoms with Gasteiger partial charge in [-0.3, -0.25) is 14.5 Å². The van der Waals surface area contributed by atoms with Crippen LogP contribution in [0.15, 0.2) is 24.3 Å². The predicted octanol–water partition coefficient (Wildman–Crippen LogP) is 1.88. The fourth-order valence-corrected chi connectivity index (χ4v) is 4.19. The molecule has 0 spiro atoms. The smallest absolute Gasteiger partial charge is 0.224 e. The molecule has 3 rings (SSSR count). The van der Waals surface area contributed by atoms with Gasteiger partial charge < -0.3 is 15.1 Å². The van der Waals surface area contributed by atoms with Crippen LogP contribution in [-0.2, 0) is 9.59 Å². The largest absolute Gasteiger partial charge is 0.369 e. The topological polar surface area (TPSA) is 55.9 Å². The van der Waals surface area contributed by atoms with E-state index in [1.54, 1.807) is 11.8 Å². The van der Waals surface area contributed by atoms with Crippen LogP contribution in [0, 0.1) is 12.8 Å². The van der Waals surface area contributed by atoms with E-state index in [0.717, 1.165) is 58.5 Å². The number of piperazine rings is 1. The molecule has 2 heterocycles. The molecule has 154 valence electrons. The van der Waals surface area contributed by atoms with Crippen molar-refractivity contribution < 1.29 is 9.59 Å². The zero-order chi connectivity index (χ0) is 19.9. The molecule has 1 N–H and O–H groups in total. The zero-order valence-corrected chi connectivity index (χ0v) is 17.3. The van der Waals surface area contributed by atoms with E-state index in [9.17, 15) is 9.59 Å². The van der Waals surface area contributed by atoms with Crippen molar-refractivity contribution in [3.63, 3.8) is 0 Å². The third-order valence-electron chi connectivity index (χ3n) is 5.93. The van der Waals surface area contributed by atoms with Crippen molar-refractivity contribution in [1.29, 1.82) is 0 Å². The van der Waals surface area contributed by atoms with Crippen molar-refractivity contribution in [3.05, 3.63) is 29.8 Å². The Balaban J connectivity index is 1.32. The molecule has 0 aliphatic carbocycles. The number of aryl methyl sites for hydroxylation is 1. The molecule has 0 saturated carbocycles. The number of piperidine rings is 1. The van der Waals surface area contributed by atoms with Crippen LogP contribution in [0.1, 0.15) is 31.7 Å². The van der Waals surface area contributed by atoms with Crippen LogP contribution in [0.4, 0.5) is 5.69 Å². The number of carbonyl (C=O) groups is 2. The van der Waals surface area contributed by atoms with Crippen molar-refractivity contribution in [2.24, 2.45) is 5.92 Å². The highest BCUT2D eigenvalue weighted by Gasteiger charge is 2.26. The third kappa shape index (κ3) is 5.71. The van der Waals surface area contributed by atoms with Crippen molar-refractivity contribution >= 4 is 17.5 Å². The highest BCUT2D eigenvalue weighted by atomic mass is 16.2. The fourth-order valence-electron chi connectivity index (χ4n) is 4.19. The summed E-state index contributed by atoms with van der Waals surface area (Å²) >= 11 is 0. The SMILES string of the molecule is CC(=O)N1CCC[C@@H](C(=O)NCCCN2CCN(c3cccc(C)c3)CC2)C1. The number of nitrogens with one attached hydrogen (secondary N) is 1. The molecule has 1 atom stereocenters. The quantitative estimate of drug-likeness (QED) is 0.759. The van der Waals surface area contributed by atoms with Gasteiger partial charge in [0, 0.05) is 58.4 Å². The van der Waals surface area contributed by atoms with E-state index in [1.165, 1.54) is 11.3 Å². The van der Waals surface area contributed by atoms with E-state index in [2.05, 4.69) is 46.3 Å². The number of anilines is 1.